The fourth-order valence-corrected chi connectivity index (χ4v) is 3.61. The van der Waals surface area contributed by atoms with Crippen LogP contribution in [0.4, 0.5) is 0 Å². The van der Waals surface area contributed by atoms with Gasteiger partial charge < -0.3 is 15.0 Å². The molecule has 130 valence electrons. The van der Waals surface area contributed by atoms with Crippen molar-refractivity contribution in [3.8, 4) is 5.75 Å². The van der Waals surface area contributed by atoms with Crippen LogP contribution < -0.4 is 10.1 Å². The predicted molar refractivity (Wildman–Crippen MR) is 96.5 cm³/mol. The Morgan fingerprint density at radius 1 is 1.42 bits per heavy atom. The maximum absolute atomic E-state index is 12.4. The Bertz CT molecular complexity index is 695. The average Bonchev–Trinajstić information content (AvgIpc) is 3.02. The molecule has 2 heterocycles. The van der Waals surface area contributed by atoms with E-state index in [1.807, 2.05) is 24.4 Å². The minimum absolute atomic E-state index is 0.0837. The van der Waals surface area contributed by atoms with Crippen LogP contribution in [0.3, 0.4) is 0 Å². The maximum Gasteiger partial charge on any atom is 0.224 e. The molecule has 1 aromatic carbocycles. The van der Waals surface area contributed by atoms with Crippen LogP contribution in [-0.2, 0) is 11.2 Å². The molecular weight excluding hydrogens is 302 g/mol. The van der Waals surface area contributed by atoms with Crippen LogP contribution in [0, 0.1) is 0 Å². The molecule has 1 unspecified atom stereocenters. The second-order valence-corrected chi connectivity index (χ2v) is 6.48. The smallest absolute Gasteiger partial charge is 0.224 e. The Morgan fingerprint density at radius 3 is 3.08 bits per heavy atom. The number of carbonyl (C=O) groups is 1. The lowest BCUT2D eigenvalue weighted by atomic mass is 10.0. The van der Waals surface area contributed by atoms with Crippen LogP contribution in [0.25, 0.3) is 10.9 Å². The number of rotatable bonds is 6. The summed E-state index contributed by atoms with van der Waals surface area (Å²) in [6.07, 6.45) is 6.03. The number of piperidine rings is 1. The van der Waals surface area contributed by atoms with E-state index in [0.29, 0.717) is 12.5 Å². The summed E-state index contributed by atoms with van der Waals surface area (Å²) in [6, 6.07) is 6.37. The van der Waals surface area contributed by atoms with E-state index < -0.39 is 0 Å². The molecule has 5 nitrogen and oxygen atoms in total. The summed E-state index contributed by atoms with van der Waals surface area (Å²) in [5, 5.41) is 4.18. The highest BCUT2D eigenvalue weighted by Crippen LogP contribution is 2.24. The summed E-state index contributed by atoms with van der Waals surface area (Å²) in [5.74, 6) is 0.893. The van der Waals surface area contributed by atoms with Crippen LogP contribution >= 0.6 is 0 Å². The van der Waals surface area contributed by atoms with Gasteiger partial charge in [0.05, 0.1) is 13.5 Å². The lowest BCUT2D eigenvalue weighted by molar-refractivity contribution is -0.120. The monoisotopic (exact) mass is 329 g/mol. The number of aromatic nitrogens is 1. The zero-order valence-corrected chi connectivity index (χ0v) is 14.6. The number of amides is 1. The Hall–Kier alpha value is -2.01. The molecule has 3 rings (SSSR count). The van der Waals surface area contributed by atoms with Gasteiger partial charge in [0.25, 0.3) is 0 Å². The fraction of sp³-hybridized carbons (Fsp3) is 0.526. The predicted octanol–water partition coefficient (Wildman–Crippen LogP) is 2.71. The van der Waals surface area contributed by atoms with E-state index in [1.54, 1.807) is 7.11 Å². The minimum Gasteiger partial charge on any atom is -0.497 e. The van der Waals surface area contributed by atoms with Crippen molar-refractivity contribution in [3.05, 3.63) is 30.0 Å². The summed E-state index contributed by atoms with van der Waals surface area (Å²) >= 11 is 0. The number of likely N-dealkylation sites (N-methyl/N-ethyl adjacent to an activating group) is 1. The number of hydrogen-bond donors (Lipinski definition) is 2. The normalized spacial score (nSPS) is 18.7. The van der Waals surface area contributed by atoms with Crippen molar-refractivity contribution in [2.75, 3.05) is 26.7 Å². The van der Waals surface area contributed by atoms with Crippen molar-refractivity contribution >= 4 is 16.8 Å². The minimum atomic E-state index is 0.0837. The van der Waals surface area contributed by atoms with Crippen molar-refractivity contribution in [2.24, 2.45) is 0 Å². The molecule has 5 heteroatoms. The quantitative estimate of drug-likeness (QED) is 0.857. The molecule has 1 aliphatic heterocycles. The average molecular weight is 329 g/mol. The highest BCUT2D eigenvalue weighted by atomic mass is 16.5. The Morgan fingerprint density at radius 2 is 2.29 bits per heavy atom. The third kappa shape index (κ3) is 3.73. The maximum atomic E-state index is 12.4. The molecule has 2 aromatic rings. The van der Waals surface area contributed by atoms with Crippen LogP contribution in [0.1, 0.15) is 31.7 Å². The SMILES string of the molecule is CCN1CCCCC1CNC(=O)Cc1c[nH]c2ccc(OC)cc12. The van der Waals surface area contributed by atoms with Gasteiger partial charge in [-0.15, -0.1) is 0 Å². The molecule has 1 atom stereocenters. The first kappa shape index (κ1) is 16.8. The number of fused-ring (bicyclic) bond motifs is 1. The van der Waals surface area contributed by atoms with Gasteiger partial charge in [0.1, 0.15) is 5.75 Å². The number of aromatic amines is 1. The topological polar surface area (TPSA) is 57.4 Å². The first-order valence-electron chi connectivity index (χ1n) is 8.86. The number of ether oxygens (including phenoxy) is 1. The van der Waals surface area contributed by atoms with Crippen LogP contribution in [0.5, 0.6) is 5.75 Å². The summed E-state index contributed by atoms with van der Waals surface area (Å²) in [4.78, 5) is 18.1. The van der Waals surface area contributed by atoms with Crippen molar-refractivity contribution in [3.63, 3.8) is 0 Å². The highest BCUT2D eigenvalue weighted by Gasteiger charge is 2.21. The molecule has 1 amide bonds. The number of benzene rings is 1. The van der Waals surface area contributed by atoms with Crippen LogP contribution in [-0.4, -0.2) is 48.6 Å². The fourth-order valence-electron chi connectivity index (χ4n) is 3.61. The van der Waals surface area contributed by atoms with Gasteiger partial charge in [-0.2, -0.15) is 0 Å². The molecular formula is C19H27N3O2. The molecule has 0 spiro atoms. The Balaban J connectivity index is 1.60. The lowest BCUT2D eigenvalue weighted by Gasteiger charge is -2.34. The van der Waals surface area contributed by atoms with Gasteiger partial charge in [-0.1, -0.05) is 13.3 Å². The molecule has 1 aliphatic rings. The highest BCUT2D eigenvalue weighted by molar-refractivity contribution is 5.89. The van der Waals surface area contributed by atoms with Gasteiger partial charge in [-0.3, -0.25) is 9.69 Å². The number of hydrogen-bond acceptors (Lipinski definition) is 3. The van der Waals surface area contributed by atoms with Gasteiger partial charge in [-0.05, 0) is 49.7 Å². The third-order valence-corrected chi connectivity index (χ3v) is 5.02. The van der Waals surface area contributed by atoms with Gasteiger partial charge >= 0.3 is 0 Å². The second kappa shape index (κ2) is 7.71. The molecule has 1 saturated heterocycles. The van der Waals surface area contributed by atoms with Crippen molar-refractivity contribution in [1.29, 1.82) is 0 Å². The molecule has 2 N–H and O–H groups in total. The summed E-state index contributed by atoms with van der Waals surface area (Å²) in [5.41, 5.74) is 2.04. The number of carbonyl (C=O) groups excluding carboxylic acids is 1. The zero-order valence-electron chi connectivity index (χ0n) is 14.6. The number of likely N-dealkylation sites (tertiary alicyclic amines) is 1. The second-order valence-electron chi connectivity index (χ2n) is 6.48. The molecule has 24 heavy (non-hydrogen) atoms. The summed E-state index contributed by atoms with van der Waals surface area (Å²) in [6.45, 7) is 5.15. The number of nitrogens with one attached hydrogen (secondary N) is 2. The molecule has 0 bridgehead atoms. The van der Waals surface area contributed by atoms with E-state index in [-0.39, 0.29) is 5.91 Å². The van der Waals surface area contributed by atoms with E-state index >= 15 is 0 Å². The Labute approximate surface area is 143 Å². The van der Waals surface area contributed by atoms with E-state index in [2.05, 4.69) is 22.1 Å². The van der Waals surface area contributed by atoms with Crippen LogP contribution in [0.15, 0.2) is 24.4 Å². The van der Waals surface area contributed by atoms with E-state index in [0.717, 1.165) is 41.9 Å². The molecule has 1 aromatic heterocycles. The first-order chi connectivity index (χ1) is 11.7. The van der Waals surface area contributed by atoms with Gasteiger partial charge in [-0.25, -0.2) is 0 Å². The largest absolute Gasteiger partial charge is 0.497 e. The van der Waals surface area contributed by atoms with Gasteiger partial charge in [0, 0.05) is 29.7 Å². The van der Waals surface area contributed by atoms with E-state index in [9.17, 15) is 4.79 Å². The first-order valence-corrected chi connectivity index (χ1v) is 8.86. The molecule has 0 radical (unpaired) electrons. The third-order valence-electron chi connectivity index (χ3n) is 5.02. The zero-order chi connectivity index (χ0) is 16.9. The van der Waals surface area contributed by atoms with Crippen molar-refractivity contribution in [2.45, 2.75) is 38.6 Å². The number of methoxy groups -OCH3 is 1. The van der Waals surface area contributed by atoms with Gasteiger partial charge in [0.2, 0.25) is 5.91 Å². The summed E-state index contributed by atoms with van der Waals surface area (Å²) < 4.78 is 5.28. The standard InChI is InChI=1S/C19H27N3O2/c1-3-22-9-5-4-6-15(22)13-21-19(23)10-14-12-20-18-8-7-16(24-2)11-17(14)18/h7-8,11-12,15,20H,3-6,9-10,13H2,1-2H3,(H,21,23). The van der Waals surface area contributed by atoms with E-state index in [1.165, 1.54) is 19.3 Å². The van der Waals surface area contributed by atoms with Crippen molar-refractivity contribution < 1.29 is 9.53 Å². The molecule has 1 fully saturated rings. The number of H-pyrrole nitrogens is 1. The number of nitrogens with zero attached hydrogens (tertiary/aromatic N) is 1. The van der Waals surface area contributed by atoms with Crippen molar-refractivity contribution in [1.82, 2.24) is 15.2 Å². The van der Waals surface area contributed by atoms with Gasteiger partial charge in [0.15, 0.2) is 0 Å². The summed E-state index contributed by atoms with van der Waals surface area (Å²) in [7, 11) is 1.66. The Kier molecular flexibility index (Phi) is 5.41. The molecule has 0 aliphatic carbocycles. The van der Waals surface area contributed by atoms with E-state index in [4.69, 9.17) is 4.74 Å². The lowest BCUT2D eigenvalue weighted by Crippen LogP contribution is -2.46. The molecule has 0 saturated carbocycles. The van der Waals surface area contributed by atoms with Crippen LogP contribution in [0.2, 0.25) is 0 Å².